The zero-order chi connectivity index (χ0) is 15.2. The van der Waals surface area contributed by atoms with E-state index in [0.717, 1.165) is 0 Å². The summed E-state index contributed by atoms with van der Waals surface area (Å²) in [5, 5.41) is 0.669. The van der Waals surface area contributed by atoms with Gasteiger partial charge in [-0.15, -0.1) is 0 Å². The molecule has 0 aromatic heterocycles. The fraction of sp³-hybridized carbons (Fsp3) is 0. The minimum absolute atomic E-state index is 0. The van der Waals surface area contributed by atoms with Crippen LogP contribution in [-0.4, -0.2) is 0 Å². The molecular weight excluding hydrogens is 472 g/mol. The fourth-order valence-electron chi connectivity index (χ4n) is 1.76. The molecule has 0 saturated heterocycles. The summed E-state index contributed by atoms with van der Waals surface area (Å²) < 4.78 is 0. The molecule has 0 bridgehead atoms. The maximum absolute atomic E-state index is 6.19. The van der Waals surface area contributed by atoms with Gasteiger partial charge in [-0.05, 0) is 6.07 Å². The van der Waals surface area contributed by atoms with Gasteiger partial charge in [-0.2, -0.15) is 0 Å². The molecule has 0 unspecified atom stereocenters. The summed E-state index contributed by atoms with van der Waals surface area (Å²) in [6, 6.07) is 3.22. The molecule has 0 heterocycles. The molecule has 2 aromatic carbocycles. The molecule has 4 nitrogen and oxygen atoms in total. The fourth-order valence-corrected chi connectivity index (χ4v) is 2.70. The molecule has 0 amide bonds. The Balaban J connectivity index is 0. The van der Waals surface area contributed by atoms with E-state index in [1.54, 1.807) is 12.1 Å². The number of nitrogens with two attached hydrogens (primary N) is 4. The van der Waals surface area contributed by atoms with E-state index in [9.17, 15) is 0 Å². The van der Waals surface area contributed by atoms with Crippen molar-refractivity contribution in [1.29, 1.82) is 0 Å². The molecule has 0 aliphatic rings. The van der Waals surface area contributed by atoms with Gasteiger partial charge in [0.2, 0.25) is 0 Å². The van der Waals surface area contributed by atoms with E-state index in [4.69, 9.17) is 69.3 Å². The van der Waals surface area contributed by atoms with E-state index in [-0.39, 0.29) is 78.7 Å². The molecular formula is C12H10Cl6CoN4. The Labute approximate surface area is 176 Å². The second-order valence-electron chi connectivity index (χ2n) is 4.07. The van der Waals surface area contributed by atoms with Gasteiger partial charge in [0.1, 0.15) is 0 Å². The first-order chi connectivity index (χ1) is 9.27. The van der Waals surface area contributed by atoms with E-state index < -0.39 is 0 Å². The monoisotopic (exact) mass is 479 g/mol. The summed E-state index contributed by atoms with van der Waals surface area (Å²) in [4.78, 5) is 0. The molecule has 2 aromatic rings. The van der Waals surface area contributed by atoms with E-state index in [0.29, 0.717) is 16.8 Å². The van der Waals surface area contributed by atoms with Crippen LogP contribution < -0.4 is 47.7 Å². The van der Waals surface area contributed by atoms with Crippen molar-refractivity contribution >= 4 is 69.2 Å². The average Bonchev–Trinajstić information content (AvgIpc) is 2.43. The Bertz CT molecular complexity index is 696. The second-order valence-corrected chi connectivity index (χ2v) is 5.59. The molecule has 0 spiro atoms. The van der Waals surface area contributed by atoms with Gasteiger partial charge in [0, 0.05) is 11.1 Å². The van der Waals surface area contributed by atoms with Crippen molar-refractivity contribution in [3.05, 3.63) is 32.2 Å². The normalized spacial score (nSPS) is 9.39. The molecule has 0 fully saturated rings. The number of rotatable bonds is 1. The standard InChI is InChI=1S/C12H10Cl4N4.2ClH.Co/c13-6-3(1-2-4(17)7(6)14)5-8(15)9(16)11(19)12(20)10(5)18;;;/h1-2H,17-20H2;2*1H;/q;;;+2/p-2. The van der Waals surface area contributed by atoms with Gasteiger partial charge in [0.15, 0.2) is 0 Å². The average molecular weight is 482 g/mol. The van der Waals surface area contributed by atoms with Crippen molar-refractivity contribution in [3.63, 3.8) is 0 Å². The number of anilines is 4. The SMILES string of the molecule is Nc1ccc(-c2c(N)c(N)c(N)c(Cl)c2Cl)c(Cl)c1Cl.[Cl-].[Cl-].[Co+2]. The first-order valence-electron chi connectivity index (χ1n) is 5.32. The molecule has 2 rings (SSSR count). The van der Waals surface area contributed by atoms with Crippen molar-refractivity contribution in [2.75, 3.05) is 22.9 Å². The predicted octanol–water partition coefficient (Wildman–Crippen LogP) is -1.70. The zero-order valence-electron chi connectivity index (χ0n) is 11.1. The Hall–Kier alpha value is -0.114. The van der Waals surface area contributed by atoms with Gasteiger partial charge >= 0.3 is 16.8 Å². The van der Waals surface area contributed by atoms with Crippen LogP contribution in [0, 0.1) is 0 Å². The van der Waals surface area contributed by atoms with Crippen LogP contribution in [0.1, 0.15) is 0 Å². The summed E-state index contributed by atoms with van der Waals surface area (Å²) >= 11 is 24.4. The van der Waals surface area contributed by atoms with Crippen LogP contribution >= 0.6 is 46.4 Å². The Morgan fingerprint density at radius 2 is 1.13 bits per heavy atom. The molecule has 1 radical (unpaired) electrons. The minimum Gasteiger partial charge on any atom is -1.00 e. The van der Waals surface area contributed by atoms with Crippen molar-refractivity contribution in [3.8, 4) is 11.1 Å². The van der Waals surface area contributed by atoms with Gasteiger partial charge in [-0.25, -0.2) is 0 Å². The quantitative estimate of drug-likeness (QED) is 0.365. The summed E-state index contributed by atoms with van der Waals surface area (Å²) in [5.41, 5.74) is 24.8. The van der Waals surface area contributed by atoms with Crippen molar-refractivity contribution < 1.29 is 41.6 Å². The number of hydrogen-bond acceptors (Lipinski definition) is 4. The van der Waals surface area contributed by atoms with Crippen LogP contribution in [-0.2, 0) is 16.8 Å². The molecule has 129 valence electrons. The number of benzene rings is 2. The number of hydrogen-bond donors (Lipinski definition) is 4. The molecule has 23 heavy (non-hydrogen) atoms. The number of halogens is 6. The maximum atomic E-state index is 6.19. The maximum Gasteiger partial charge on any atom is 2.00 e. The molecule has 0 saturated carbocycles. The summed E-state index contributed by atoms with van der Waals surface area (Å²) in [5.74, 6) is 0. The minimum atomic E-state index is 0. The second kappa shape index (κ2) is 9.39. The summed E-state index contributed by atoms with van der Waals surface area (Å²) in [7, 11) is 0. The topological polar surface area (TPSA) is 104 Å². The third-order valence-electron chi connectivity index (χ3n) is 2.88. The van der Waals surface area contributed by atoms with E-state index >= 15 is 0 Å². The molecule has 8 N–H and O–H groups in total. The molecule has 11 heteroatoms. The third-order valence-corrected chi connectivity index (χ3v) is 4.64. The van der Waals surface area contributed by atoms with E-state index in [1.807, 2.05) is 0 Å². The summed E-state index contributed by atoms with van der Waals surface area (Å²) in [6.45, 7) is 0. The van der Waals surface area contributed by atoms with Gasteiger partial charge in [0.25, 0.3) is 0 Å². The molecule has 0 atom stereocenters. The largest absolute Gasteiger partial charge is 2.00 e. The predicted molar refractivity (Wildman–Crippen MR) is 89.6 cm³/mol. The van der Waals surface area contributed by atoms with E-state index in [1.165, 1.54) is 0 Å². The summed E-state index contributed by atoms with van der Waals surface area (Å²) in [6.07, 6.45) is 0. The third kappa shape index (κ3) is 4.30. The van der Waals surface area contributed by atoms with Crippen molar-refractivity contribution in [1.82, 2.24) is 0 Å². The van der Waals surface area contributed by atoms with Gasteiger partial charge in [-0.1, -0.05) is 52.5 Å². The zero-order valence-corrected chi connectivity index (χ0v) is 16.6. The van der Waals surface area contributed by atoms with Gasteiger partial charge in [0.05, 0.1) is 42.8 Å². The van der Waals surface area contributed by atoms with Gasteiger partial charge in [-0.3, -0.25) is 0 Å². The van der Waals surface area contributed by atoms with Gasteiger partial charge < -0.3 is 47.7 Å². The Kier molecular flexibility index (Phi) is 10.3. The first kappa shape index (κ1) is 25.1. The van der Waals surface area contributed by atoms with Crippen LogP contribution in [0.15, 0.2) is 12.1 Å². The Morgan fingerprint density at radius 1 is 0.609 bits per heavy atom. The van der Waals surface area contributed by atoms with Crippen LogP contribution in [0.3, 0.4) is 0 Å². The van der Waals surface area contributed by atoms with Crippen LogP contribution in [0.4, 0.5) is 22.7 Å². The Morgan fingerprint density at radius 3 is 1.65 bits per heavy atom. The van der Waals surface area contributed by atoms with Crippen molar-refractivity contribution in [2.45, 2.75) is 0 Å². The van der Waals surface area contributed by atoms with Crippen LogP contribution in [0.25, 0.3) is 11.1 Å². The smallest absolute Gasteiger partial charge is 1.00 e. The van der Waals surface area contributed by atoms with E-state index in [2.05, 4.69) is 0 Å². The molecule has 0 aliphatic heterocycles. The van der Waals surface area contributed by atoms with Crippen LogP contribution in [0.5, 0.6) is 0 Å². The number of nitrogen functional groups attached to an aromatic ring is 4. The molecule has 0 aliphatic carbocycles. The van der Waals surface area contributed by atoms with Crippen LogP contribution in [0.2, 0.25) is 20.1 Å². The first-order valence-corrected chi connectivity index (χ1v) is 6.83. The van der Waals surface area contributed by atoms with Crippen molar-refractivity contribution in [2.24, 2.45) is 0 Å².